The number of benzene rings is 2. The second kappa shape index (κ2) is 6.56. The maximum absolute atomic E-state index is 11.0. The summed E-state index contributed by atoms with van der Waals surface area (Å²) in [6.07, 6.45) is 0. The van der Waals surface area contributed by atoms with E-state index in [1.165, 1.54) is 18.2 Å². The van der Waals surface area contributed by atoms with Crippen LogP contribution < -0.4 is 4.74 Å². The molecule has 2 aromatic carbocycles. The number of aryl methyl sites for hydroxylation is 1. The third-order valence-corrected chi connectivity index (χ3v) is 3.35. The summed E-state index contributed by atoms with van der Waals surface area (Å²) in [7, 11) is 0. The Labute approximate surface area is 126 Å². The van der Waals surface area contributed by atoms with Gasteiger partial charge in [0.25, 0.3) is 0 Å². The van der Waals surface area contributed by atoms with Crippen LogP contribution in [0.1, 0.15) is 16.7 Å². The SMILES string of the molecule is Cc1ccc(COc2cc(CO)ccc2[N+](=O)[O-])c(Cl)c1. The molecular formula is C15H14ClNO4. The van der Waals surface area contributed by atoms with E-state index in [9.17, 15) is 10.1 Å². The van der Waals surface area contributed by atoms with Gasteiger partial charge in [0, 0.05) is 16.7 Å². The van der Waals surface area contributed by atoms with Gasteiger partial charge in [0.2, 0.25) is 0 Å². The molecule has 0 aromatic heterocycles. The normalized spacial score (nSPS) is 10.4. The minimum Gasteiger partial charge on any atom is -0.482 e. The van der Waals surface area contributed by atoms with Gasteiger partial charge in [-0.15, -0.1) is 0 Å². The Balaban J connectivity index is 2.24. The summed E-state index contributed by atoms with van der Waals surface area (Å²) in [6.45, 7) is 1.83. The lowest BCUT2D eigenvalue weighted by atomic mass is 10.1. The molecule has 0 heterocycles. The maximum Gasteiger partial charge on any atom is 0.310 e. The number of rotatable bonds is 5. The van der Waals surface area contributed by atoms with Gasteiger partial charge < -0.3 is 9.84 Å². The summed E-state index contributed by atoms with van der Waals surface area (Å²) >= 11 is 6.10. The predicted molar refractivity (Wildman–Crippen MR) is 79.5 cm³/mol. The van der Waals surface area contributed by atoms with E-state index >= 15 is 0 Å². The molecule has 21 heavy (non-hydrogen) atoms. The Hall–Kier alpha value is -2.11. The molecule has 0 bridgehead atoms. The number of nitro groups is 1. The van der Waals surface area contributed by atoms with Crippen LogP contribution in [-0.4, -0.2) is 10.0 Å². The lowest BCUT2D eigenvalue weighted by molar-refractivity contribution is -0.386. The van der Waals surface area contributed by atoms with Gasteiger partial charge >= 0.3 is 5.69 Å². The van der Waals surface area contributed by atoms with Gasteiger partial charge in [-0.25, -0.2) is 0 Å². The standard InChI is InChI=1S/C15H14ClNO4/c1-10-2-4-12(13(16)6-10)9-21-15-7-11(8-18)3-5-14(15)17(19)20/h2-7,18H,8-9H2,1H3. The zero-order valence-corrected chi connectivity index (χ0v) is 12.1. The van der Waals surface area contributed by atoms with Gasteiger partial charge in [-0.3, -0.25) is 10.1 Å². The fourth-order valence-electron chi connectivity index (χ4n) is 1.85. The summed E-state index contributed by atoms with van der Waals surface area (Å²) in [5.41, 5.74) is 2.17. The first kappa shape index (κ1) is 15.3. The van der Waals surface area contributed by atoms with Crippen molar-refractivity contribution in [1.29, 1.82) is 0 Å². The van der Waals surface area contributed by atoms with Crippen molar-refractivity contribution in [2.24, 2.45) is 0 Å². The van der Waals surface area contributed by atoms with E-state index in [0.717, 1.165) is 11.1 Å². The van der Waals surface area contributed by atoms with Crippen LogP contribution in [0.5, 0.6) is 5.75 Å². The first-order chi connectivity index (χ1) is 10.0. The van der Waals surface area contributed by atoms with Crippen molar-refractivity contribution in [3.05, 3.63) is 68.2 Å². The molecule has 6 heteroatoms. The van der Waals surface area contributed by atoms with Crippen LogP contribution in [0.2, 0.25) is 5.02 Å². The number of hydrogen-bond donors (Lipinski definition) is 1. The van der Waals surface area contributed by atoms with E-state index in [0.29, 0.717) is 10.6 Å². The summed E-state index contributed by atoms with van der Waals surface area (Å²) < 4.78 is 5.51. The van der Waals surface area contributed by atoms with Crippen molar-refractivity contribution in [2.45, 2.75) is 20.1 Å². The highest BCUT2D eigenvalue weighted by Gasteiger charge is 2.16. The molecular weight excluding hydrogens is 294 g/mol. The van der Waals surface area contributed by atoms with E-state index in [4.69, 9.17) is 21.4 Å². The van der Waals surface area contributed by atoms with Crippen molar-refractivity contribution in [2.75, 3.05) is 0 Å². The average molecular weight is 308 g/mol. The van der Waals surface area contributed by atoms with Crippen LogP contribution in [0, 0.1) is 17.0 Å². The second-order valence-corrected chi connectivity index (χ2v) is 5.01. The number of aliphatic hydroxyl groups is 1. The number of nitrogens with zero attached hydrogens (tertiary/aromatic N) is 1. The molecule has 0 amide bonds. The fraction of sp³-hybridized carbons (Fsp3) is 0.200. The topological polar surface area (TPSA) is 72.6 Å². The number of nitro benzene ring substituents is 1. The highest BCUT2D eigenvalue weighted by molar-refractivity contribution is 6.31. The van der Waals surface area contributed by atoms with E-state index in [-0.39, 0.29) is 24.7 Å². The van der Waals surface area contributed by atoms with Crippen molar-refractivity contribution < 1.29 is 14.8 Å². The Bertz CT molecular complexity index is 673. The molecule has 0 unspecified atom stereocenters. The second-order valence-electron chi connectivity index (χ2n) is 4.60. The number of halogens is 1. The highest BCUT2D eigenvalue weighted by Crippen LogP contribution is 2.29. The first-order valence-electron chi connectivity index (χ1n) is 6.27. The van der Waals surface area contributed by atoms with Gasteiger partial charge in [-0.05, 0) is 36.2 Å². The molecule has 1 N–H and O–H groups in total. The molecule has 0 fully saturated rings. The van der Waals surface area contributed by atoms with Crippen LogP contribution >= 0.6 is 11.6 Å². The van der Waals surface area contributed by atoms with Gasteiger partial charge in [0.05, 0.1) is 11.5 Å². The van der Waals surface area contributed by atoms with Crippen LogP contribution in [0.15, 0.2) is 36.4 Å². The summed E-state index contributed by atoms with van der Waals surface area (Å²) in [6, 6.07) is 9.78. The fourth-order valence-corrected chi connectivity index (χ4v) is 2.14. The summed E-state index contributed by atoms with van der Waals surface area (Å²) in [5, 5.41) is 20.6. The molecule has 0 saturated heterocycles. The van der Waals surface area contributed by atoms with E-state index in [2.05, 4.69) is 0 Å². The quantitative estimate of drug-likeness (QED) is 0.676. The molecule has 0 radical (unpaired) electrons. The molecule has 0 aliphatic rings. The largest absolute Gasteiger partial charge is 0.482 e. The number of aliphatic hydroxyl groups excluding tert-OH is 1. The molecule has 0 atom stereocenters. The summed E-state index contributed by atoms with van der Waals surface area (Å²) in [4.78, 5) is 10.5. The molecule has 2 rings (SSSR count). The van der Waals surface area contributed by atoms with Crippen LogP contribution in [0.3, 0.4) is 0 Å². The van der Waals surface area contributed by atoms with Crippen molar-refractivity contribution in [3.63, 3.8) is 0 Å². The Morgan fingerprint density at radius 3 is 2.67 bits per heavy atom. The number of hydrogen-bond acceptors (Lipinski definition) is 4. The van der Waals surface area contributed by atoms with Gasteiger partial charge in [0.15, 0.2) is 5.75 Å². The van der Waals surface area contributed by atoms with E-state index < -0.39 is 4.92 Å². The van der Waals surface area contributed by atoms with Crippen molar-refractivity contribution in [1.82, 2.24) is 0 Å². The molecule has 2 aromatic rings. The third kappa shape index (κ3) is 3.71. The Morgan fingerprint density at radius 2 is 2.05 bits per heavy atom. The molecule has 0 aliphatic heterocycles. The van der Waals surface area contributed by atoms with Crippen LogP contribution in [0.4, 0.5) is 5.69 Å². The van der Waals surface area contributed by atoms with E-state index in [1.54, 1.807) is 6.07 Å². The van der Waals surface area contributed by atoms with Gasteiger partial charge in [-0.1, -0.05) is 23.7 Å². The Morgan fingerprint density at radius 1 is 1.29 bits per heavy atom. The van der Waals surface area contributed by atoms with E-state index in [1.807, 2.05) is 19.1 Å². The maximum atomic E-state index is 11.0. The minimum atomic E-state index is -0.521. The number of ether oxygens (including phenoxy) is 1. The molecule has 0 saturated carbocycles. The minimum absolute atomic E-state index is 0.114. The Kier molecular flexibility index (Phi) is 4.77. The highest BCUT2D eigenvalue weighted by atomic mass is 35.5. The molecule has 0 spiro atoms. The van der Waals surface area contributed by atoms with Gasteiger partial charge in [-0.2, -0.15) is 0 Å². The smallest absolute Gasteiger partial charge is 0.310 e. The van der Waals surface area contributed by atoms with Crippen LogP contribution in [0.25, 0.3) is 0 Å². The predicted octanol–water partition coefficient (Wildman–Crippen LogP) is 3.63. The monoisotopic (exact) mass is 307 g/mol. The zero-order chi connectivity index (χ0) is 15.4. The summed E-state index contributed by atoms with van der Waals surface area (Å²) in [5.74, 6) is 0.114. The first-order valence-corrected chi connectivity index (χ1v) is 6.65. The zero-order valence-electron chi connectivity index (χ0n) is 11.4. The third-order valence-electron chi connectivity index (χ3n) is 3.00. The average Bonchev–Trinajstić information content (AvgIpc) is 2.45. The molecule has 5 nitrogen and oxygen atoms in total. The van der Waals surface area contributed by atoms with Crippen molar-refractivity contribution >= 4 is 17.3 Å². The van der Waals surface area contributed by atoms with Gasteiger partial charge in [0.1, 0.15) is 6.61 Å². The molecule has 110 valence electrons. The molecule has 0 aliphatic carbocycles. The lowest BCUT2D eigenvalue weighted by Gasteiger charge is -2.09. The van der Waals surface area contributed by atoms with Crippen LogP contribution in [-0.2, 0) is 13.2 Å². The lowest BCUT2D eigenvalue weighted by Crippen LogP contribution is -2.01. The van der Waals surface area contributed by atoms with Crippen molar-refractivity contribution in [3.8, 4) is 5.75 Å².